The summed E-state index contributed by atoms with van der Waals surface area (Å²) in [5.74, 6) is -3.56. The topological polar surface area (TPSA) is 176 Å². The molecule has 1 aliphatic rings. The number of pyridine rings is 1. The number of hydrogen-bond acceptors (Lipinski definition) is 10. The molecular formula is C24H25F4N7O6. The number of carbonyl (C=O) groups is 3. The summed E-state index contributed by atoms with van der Waals surface area (Å²) < 4.78 is 57.1. The van der Waals surface area contributed by atoms with Gasteiger partial charge in [0.25, 0.3) is 0 Å². The minimum Gasteiger partial charge on any atom is -0.475 e. The van der Waals surface area contributed by atoms with E-state index in [2.05, 4.69) is 20.4 Å². The molecule has 0 bridgehead atoms. The van der Waals surface area contributed by atoms with Gasteiger partial charge in [-0.25, -0.2) is 14.0 Å². The van der Waals surface area contributed by atoms with Crippen LogP contribution in [0.4, 0.5) is 28.0 Å². The first kappa shape index (κ1) is 30.9. The molecule has 0 unspecified atom stereocenters. The highest BCUT2D eigenvalue weighted by atomic mass is 19.4. The number of hydrogen-bond donors (Lipinski definition) is 2. The van der Waals surface area contributed by atoms with Gasteiger partial charge in [0.1, 0.15) is 24.2 Å². The van der Waals surface area contributed by atoms with Crippen LogP contribution < -0.4 is 10.6 Å². The Morgan fingerprint density at radius 1 is 1.24 bits per heavy atom. The van der Waals surface area contributed by atoms with Crippen LogP contribution in [-0.2, 0) is 26.1 Å². The summed E-state index contributed by atoms with van der Waals surface area (Å²) in [4.78, 5) is 40.0. The van der Waals surface area contributed by atoms with E-state index in [1.807, 2.05) is 0 Å². The van der Waals surface area contributed by atoms with Gasteiger partial charge >= 0.3 is 24.2 Å². The molecule has 1 aliphatic heterocycles. The number of carbonyl (C=O) groups excluding carboxylic acids is 2. The molecule has 17 heteroatoms. The molecule has 2 aromatic heterocycles. The number of esters is 1. The highest BCUT2D eigenvalue weighted by Gasteiger charge is 2.38. The summed E-state index contributed by atoms with van der Waals surface area (Å²) in [6.45, 7) is 3.60. The van der Waals surface area contributed by atoms with Crippen molar-refractivity contribution in [1.29, 1.82) is 0 Å². The second kappa shape index (κ2) is 12.7. The SMILES string of the molecule is CC(C)[C@H](N)C(=O)OC[C@H]1CN(c2ccc(-c3ccc(-c4nnn(C)n4)nc3)c(F)c2)C(=O)O1.O=C(O)C(F)(F)F. The second-order valence-electron chi connectivity index (χ2n) is 9.02. The molecule has 220 valence electrons. The fraction of sp³-hybridized carbons (Fsp3) is 0.375. The lowest BCUT2D eigenvalue weighted by molar-refractivity contribution is -0.192. The smallest absolute Gasteiger partial charge is 0.475 e. The van der Waals surface area contributed by atoms with Gasteiger partial charge in [-0.1, -0.05) is 19.9 Å². The fourth-order valence-corrected chi connectivity index (χ4v) is 3.34. The van der Waals surface area contributed by atoms with Gasteiger partial charge in [-0.15, -0.1) is 10.2 Å². The molecule has 1 fully saturated rings. The maximum Gasteiger partial charge on any atom is 0.490 e. The zero-order valence-corrected chi connectivity index (χ0v) is 21.9. The highest BCUT2D eigenvalue weighted by Crippen LogP contribution is 2.29. The first-order valence-electron chi connectivity index (χ1n) is 11.9. The van der Waals surface area contributed by atoms with E-state index in [9.17, 15) is 27.2 Å². The molecule has 1 amide bonds. The molecule has 0 saturated carbocycles. The maximum absolute atomic E-state index is 14.9. The molecular weight excluding hydrogens is 558 g/mol. The van der Waals surface area contributed by atoms with Gasteiger partial charge in [-0.2, -0.15) is 18.0 Å². The van der Waals surface area contributed by atoms with E-state index in [4.69, 9.17) is 25.1 Å². The van der Waals surface area contributed by atoms with Crippen molar-refractivity contribution >= 4 is 23.7 Å². The zero-order valence-electron chi connectivity index (χ0n) is 21.9. The Labute approximate surface area is 229 Å². The molecule has 2 atom stereocenters. The quantitative estimate of drug-likeness (QED) is 0.309. The van der Waals surface area contributed by atoms with E-state index in [-0.39, 0.29) is 19.1 Å². The Morgan fingerprint density at radius 2 is 1.93 bits per heavy atom. The van der Waals surface area contributed by atoms with Crippen molar-refractivity contribution < 1.29 is 46.5 Å². The number of aromatic nitrogens is 5. The van der Waals surface area contributed by atoms with Crippen molar-refractivity contribution in [3.8, 4) is 22.6 Å². The summed E-state index contributed by atoms with van der Waals surface area (Å²) in [5, 5.41) is 18.9. The van der Waals surface area contributed by atoms with Gasteiger partial charge in [-0.05, 0) is 35.4 Å². The number of ether oxygens (including phenoxy) is 2. The molecule has 1 saturated heterocycles. The third kappa shape index (κ3) is 7.93. The van der Waals surface area contributed by atoms with Crippen LogP contribution in [0.25, 0.3) is 22.6 Å². The van der Waals surface area contributed by atoms with Gasteiger partial charge in [0.15, 0.2) is 6.10 Å². The molecule has 1 aromatic carbocycles. The number of aliphatic carboxylic acids is 1. The van der Waals surface area contributed by atoms with Gasteiger partial charge in [0.05, 0.1) is 19.3 Å². The summed E-state index contributed by atoms with van der Waals surface area (Å²) in [6.07, 6.45) is -4.89. The average molecular weight is 583 g/mol. The first-order chi connectivity index (χ1) is 19.2. The number of amides is 1. The lowest BCUT2D eigenvalue weighted by Crippen LogP contribution is -2.38. The monoisotopic (exact) mass is 583 g/mol. The molecule has 3 aromatic rings. The minimum atomic E-state index is -5.08. The predicted octanol–water partition coefficient (Wildman–Crippen LogP) is 2.56. The number of anilines is 1. The van der Waals surface area contributed by atoms with E-state index in [1.54, 1.807) is 45.2 Å². The summed E-state index contributed by atoms with van der Waals surface area (Å²) in [7, 11) is 1.65. The van der Waals surface area contributed by atoms with Crippen LogP contribution >= 0.6 is 0 Å². The van der Waals surface area contributed by atoms with Crippen molar-refractivity contribution in [2.75, 3.05) is 18.1 Å². The van der Waals surface area contributed by atoms with E-state index in [0.29, 0.717) is 28.3 Å². The number of nitrogens with two attached hydrogens (primary N) is 1. The third-order valence-electron chi connectivity index (χ3n) is 5.59. The van der Waals surface area contributed by atoms with Crippen molar-refractivity contribution in [2.24, 2.45) is 18.7 Å². The first-order valence-corrected chi connectivity index (χ1v) is 11.9. The summed E-state index contributed by atoms with van der Waals surface area (Å²) in [6, 6.07) is 7.04. The normalized spacial score (nSPS) is 15.7. The number of cyclic esters (lactones) is 1. The number of rotatable bonds is 7. The standard InChI is InChI=1S/C22H24FN7O4.C2HF3O2/c1-12(2)19(24)21(31)33-11-15-10-30(22(32)34-15)14-5-6-16(17(23)8-14)13-4-7-18(25-9-13)20-26-28-29(3)27-20;3-2(4,5)1(6)7/h4-9,12,15,19H,10-11,24H2,1-3H3;(H,6,7)/t15-,19+;/m1./s1. The van der Waals surface area contributed by atoms with Crippen LogP contribution in [0.2, 0.25) is 0 Å². The lowest BCUT2D eigenvalue weighted by Gasteiger charge is -2.16. The van der Waals surface area contributed by atoms with Crippen LogP contribution in [0, 0.1) is 11.7 Å². The Hall–Kier alpha value is -4.67. The molecule has 3 heterocycles. The third-order valence-corrected chi connectivity index (χ3v) is 5.59. The van der Waals surface area contributed by atoms with E-state index in [1.165, 1.54) is 22.0 Å². The number of tetrazole rings is 1. The highest BCUT2D eigenvalue weighted by molar-refractivity contribution is 5.90. The van der Waals surface area contributed by atoms with Gasteiger partial charge < -0.3 is 20.3 Å². The molecule has 13 nitrogen and oxygen atoms in total. The predicted molar refractivity (Wildman–Crippen MR) is 133 cm³/mol. The largest absolute Gasteiger partial charge is 0.490 e. The van der Waals surface area contributed by atoms with E-state index in [0.717, 1.165) is 0 Å². The maximum atomic E-state index is 14.9. The number of alkyl halides is 3. The average Bonchev–Trinajstić information content (AvgIpc) is 3.51. The summed E-state index contributed by atoms with van der Waals surface area (Å²) in [5.41, 5.74) is 7.46. The molecule has 3 N–H and O–H groups in total. The van der Waals surface area contributed by atoms with Crippen molar-refractivity contribution in [2.45, 2.75) is 32.2 Å². The van der Waals surface area contributed by atoms with Gasteiger partial charge in [-0.3, -0.25) is 14.7 Å². The Kier molecular flexibility index (Phi) is 9.54. The number of benzene rings is 1. The Bertz CT molecular complexity index is 1400. The van der Waals surface area contributed by atoms with Crippen LogP contribution in [-0.4, -0.2) is 79.8 Å². The molecule has 41 heavy (non-hydrogen) atoms. The van der Waals surface area contributed by atoms with E-state index >= 15 is 0 Å². The Morgan fingerprint density at radius 3 is 2.44 bits per heavy atom. The van der Waals surface area contributed by atoms with Crippen LogP contribution in [0.1, 0.15) is 13.8 Å². The van der Waals surface area contributed by atoms with Crippen LogP contribution in [0.15, 0.2) is 36.5 Å². The number of carboxylic acids is 1. The van der Waals surface area contributed by atoms with Crippen molar-refractivity contribution in [1.82, 2.24) is 25.2 Å². The van der Waals surface area contributed by atoms with Gasteiger partial charge in [0.2, 0.25) is 5.82 Å². The fourth-order valence-electron chi connectivity index (χ4n) is 3.34. The van der Waals surface area contributed by atoms with Crippen molar-refractivity contribution in [3.05, 3.63) is 42.3 Å². The molecule has 0 spiro atoms. The zero-order chi connectivity index (χ0) is 30.5. The number of halogens is 4. The molecule has 0 radical (unpaired) electrons. The number of nitrogens with zero attached hydrogens (tertiary/aromatic N) is 6. The van der Waals surface area contributed by atoms with Gasteiger partial charge in [0, 0.05) is 17.3 Å². The van der Waals surface area contributed by atoms with E-state index < -0.39 is 42.2 Å². The van der Waals surface area contributed by atoms with Crippen LogP contribution in [0.5, 0.6) is 0 Å². The number of carboxylic acid groups (broad SMARTS) is 1. The Balaban J connectivity index is 0.000000587. The molecule has 0 aliphatic carbocycles. The molecule has 4 rings (SSSR count). The minimum absolute atomic E-state index is 0.0771. The number of aryl methyl sites for hydroxylation is 1. The second-order valence-corrected chi connectivity index (χ2v) is 9.02. The van der Waals surface area contributed by atoms with Crippen molar-refractivity contribution in [3.63, 3.8) is 0 Å². The van der Waals surface area contributed by atoms with Crippen LogP contribution in [0.3, 0.4) is 0 Å². The summed E-state index contributed by atoms with van der Waals surface area (Å²) >= 11 is 0. The lowest BCUT2D eigenvalue weighted by atomic mass is 10.1.